The maximum absolute atomic E-state index is 11.0. The molecule has 1 heterocycles. The van der Waals surface area contributed by atoms with Crippen LogP contribution in [0.3, 0.4) is 0 Å². The standard InChI is InChI=1S/C15H17ClN2O2/c1-2-7-18-8-5-11(6-9-18)17-12-3-4-14(16)13(10-12)15(19)20/h1,3-4,10-11,17H,5-9H2,(H,19,20). The van der Waals surface area contributed by atoms with Crippen LogP contribution < -0.4 is 5.32 Å². The fraction of sp³-hybridized carbons (Fsp3) is 0.400. The predicted molar refractivity (Wildman–Crippen MR) is 80.3 cm³/mol. The lowest BCUT2D eigenvalue weighted by atomic mass is 10.0. The number of likely N-dealkylation sites (tertiary alicyclic amines) is 1. The Labute approximate surface area is 123 Å². The summed E-state index contributed by atoms with van der Waals surface area (Å²) >= 11 is 5.85. The third kappa shape index (κ3) is 3.66. The third-order valence-electron chi connectivity index (χ3n) is 3.47. The number of nitrogens with one attached hydrogen (secondary N) is 1. The van der Waals surface area contributed by atoms with E-state index in [1.807, 2.05) is 6.07 Å². The average molecular weight is 293 g/mol. The number of carbonyl (C=O) groups is 1. The highest BCUT2D eigenvalue weighted by Crippen LogP contribution is 2.23. The Morgan fingerprint density at radius 1 is 1.50 bits per heavy atom. The average Bonchev–Trinajstić information content (AvgIpc) is 2.43. The first-order valence-electron chi connectivity index (χ1n) is 6.55. The lowest BCUT2D eigenvalue weighted by molar-refractivity contribution is 0.0697. The van der Waals surface area contributed by atoms with Crippen molar-refractivity contribution in [2.75, 3.05) is 25.0 Å². The summed E-state index contributed by atoms with van der Waals surface area (Å²) in [4.78, 5) is 13.3. The first kappa shape index (κ1) is 14.7. The van der Waals surface area contributed by atoms with Gasteiger partial charge in [0.25, 0.3) is 0 Å². The molecule has 0 bridgehead atoms. The summed E-state index contributed by atoms with van der Waals surface area (Å²) in [6, 6.07) is 5.34. The topological polar surface area (TPSA) is 52.6 Å². The van der Waals surface area contributed by atoms with Crippen LogP contribution in [-0.4, -0.2) is 41.7 Å². The van der Waals surface area contributed by atoms with E-state index in [2.05, 4.69) is 16.1 Å². The number of anilines is 1. The number of nitrogens with zero attached hydrogens (tertiary/aromatic N) is 1. The maximum Gasteiger partial charge on any atom is 0.337 e. The van der Waals surface area contributed by atoms with Crippen LogP contribution in [0.4, 0.5) is 5.69 Å². The molecule has 1 aromatic rings. The van der Waals surface area contributed by atoms with E-state index >= 15 is 0 Å². The van der Waals surface area contributed by atoms with Crippen LogP contribution in [0.1, 0.15) is 23.2 Å². The molecule has 106 valence electrons. The molecule has 1 aliphatic heterocycles. The molecule has 20 heavy (non-hydrogen) atoms. The van der Waals surface area contributed by atoms with Crippen molar-refractivity contribution in [1.82, 2.24) is 4.90 Å². The van der Waals surface area contributed by atoms with Crippen molar-refractivity contribution in [2.45, 2.75) is 18.9 Å². The van der Waals surface area contributed by atoms with Crippen molar-refractivity contribution in [2.24, 2.45) is 0 Å². The van der Waals surface area contributed by atoms with Crippen LogP contribution in [0.5, 0.6) is 0 Å². The van der Waals surface area contributed by atoms with E-state index < -0.39 is 5.97 Å². The zero-order valence-corrected chi connectivity index (χ0v) is 11.9. The molecule has 1 saturated heterocycles. The van der Waals surface area contributed by atoms with Gasteiger partial charge in [-0.2, -0.15) is 0 Å². The molecule has 2 rings (SSSR count). The summed E-state index contributed by atoms with van der Waals surface area (Å²) in [5.74, 6) is 1.64. The van der Waals surface area contributed by atoms with Gasteiger partial charge in [0, 0.05) is 24.8 Å². The first-order chi connectivity index (χ1) is 9.60. The normalized spacial score (nSPS) is 16.6. The fourth-order valence-corrected chi connectivity index (χ4v) is 2.58. The number of terminal acetylenes is 1. The highest BCUT2D eigenvalue weighted by molar-refractivity contribution is 6.33. The van der Waals surface area contributed by atoms with Gasteiger partial charge in [0.05, 0.1) is 17.1 Å². The van der Waals surface area contributed by atoms with E-state index in [0.29, 0.717) is 12.6 Å². The molecule has 5 heteroatoms. The first-order valence-corrected chi connectivity index (χ1v) is 6.93. The Kier molecular flexibility index (Phi) is 4.89. The minimum Gasteiger partial charge on any atom is -0.478 e. The zero-order chi connectivity index (χ0) is 14.5. The maximum atomic E-state index is 11.0. The molecule has 0 unspecified atom stereocenters. The number of halogens is 1. The van der Waals surface area contributed by atoms with Crippen LogP contribution >= 0.6 is 11.6 Å². The number of carboxylic acid groups (broad SMARTS) is 1. The molecule has 2 N–H and O–H groups in total. The Hall–Kier alpha value is -1.70. The Morgan fingerprint density at radius 3 is 2.80 bits per heavy atom. The predicted octanol–water partition coefficient (Wildman–Crippen LogP) is 2.55. The quantitative estimate of drug-likeness (QED) is 0.838. The van der Waals surface area contributed by atoms with Crippen LogP contribution in [-0.2, 0) is 0 Å². The molecule has 0 saturated carbocycles. The van der Waals surface area contributed by atoms with Gasteiger partial charge in [-0.25, -0.2) is 4.79 Å². The van der Waals surface area contributed by atoms with Gasteiger partial charge in [0.2, 0.25) is 0 Å². The zero-order valence-electron chi connectivity index (χ0n) is 11.1. The highest BCUT2D eigenvalue weighted by Gasteiger charge is 2.19. The van der Waals surface area contributed by atoms with Gasteiger partial charge in [-0.3, -0.25) is 4.90 Å². The lowest BCUT2D eigenvalue weighted by Crippen LogP contribution is -2.39. The molecule has 4 nitrogen and oxygen atoms in total. The van der Waals surface area contributed by atoms with E-state index in [-0.39, 0.29) is 10.6 Å². The molecular formula is C15H17ClN2O2. The molecule has 1 aromatic carbocycles. The number of aromatic carboxylic acids is 1. The van der Waals surface area contributed by atoms with Crippen LogP contribution in [0, 0.1) is 12.3 Å². The second-order valence-electron chi connectivity index (χ2n) is 4.90. The molecule has 1 aliphatic rings. The summed E-state index contributed by atoms with van der Waals surface area (Å²) < 4.78 is 0. The number of hydrogen-bond acceptors (Lipinski definition) is 3. The highest BCUT2D eigenvalue weighted by atomic mass is 35.5. The van der Waals surface area contributed by atoms with Crippen LogP contribution in [0.25, 0.3) is 0 Å². The van der Waals surface area contributed by atoms with Gasteiger partial charge < -0.3 is 10.4 Å². The second-order valence-corrected chi connectivity index (χ2v) is 5.31. The monoisotopic (exact) mass is 292 g/mol. The smallest absolute Gasteiger partial charge is 0.337 e. The van der Waals surface area contributed by atoms with Gasteiger partial charge in [-0.05, 0) is 31.0 Å². The van der Waals surface area contributed by atoms with E-state index in [1.54, 1.807) is 12.1 Å². The van der Waals surface area contributed by atoms with Gasteiger partial charge in [-0.15, -0.1) is 6.42 Å². The molecule has 0 amide bonds. The van der Waals surface area contributed by atoms with E-state index in [1.165, 1.54) is 0 Å². The van der Waals surface area contributed by atoms with Gasteiger partial charge in [0.15, 0.2) is 0 Å². The van der Waals surface area contributed by atoms with Crippen molar-refractivity contribution in [3.8, 4) is 12.3 Å². The molecule has 1 fully saturated rings. The summed E-state index contributed by atoms with van der Waals surface area (Å²) in [6.07, 6.45) is 7.29. The summed E-state index contributed by atoms with van der Waals surface area (Å²) in [5.41, 5.74) is 0.920. The lowest BCUT2D eigenvalue weighted by Gasteiger charge is -2.31. The fourth-order valence-electron chi connectivity index (χ4n) is 2.38. The van der Waals surface area contributed by atoms with Crippen molar-refractivity contribution < 1.29 is 9.90 Å². The summed E-state index contributed by atoms with van der Waals surface area (Å²) in [6.45, 7) is 2.61. The molecular weight excluding hydrogens is 276 g/mol. The Morgan fingerprint density at radius 2 is 2.20 bits per heavy atom. The molecule has 0 radical (unpaired) electrons. The van der Waals surface area contributed by atoms with Crippen molar-refractivity contribution in [1.29, 1.82) is 0 Å². The minimum absolute atomic E-state index is 0.126. The summed E-state index contributed by atoms with van der Waals surface area (Å²) in [7, 11) is 0. The number of hydrogen-bond donors (Lipinski definition) is 2. The molecule has 0 aromatic heterocycles. The minimum atomic E-state index is -1.01. The number of benzene rings is 1. The van der Waals surface area contributed by atoms with Gasteiger partial charge in [-0.1, -0.05) is 17.5 Å². The van der Waals surface area contributed by atoms with E-state index in [4.69, 9.17) is 23.1 Å². The van der Waals surface area contributed by atoms with Crippen molar-refractivity contribution >= 4 is 23.3 Å². The van der Waals surface area contributed by atoms with Gasteiger partial charge in [0.1, 0.15) is 0 Å². The number of piperidine rings is 1. The second kappa shape index (κ2) is 6.65. The van der Waals surface area contributed by atoms with E-state index in [9.17, 15) is 4.79 Å². The van der Waals surface area contributed by atoms with Crippen LogP contribution in [0.2, 0.25) is 5.02 Å². The Bertz CT molecular complexity index is 531. The molecule has 0 spiro atoms. The molecule has 0 aliphatic carbocycles. The van der Waals surface area contributed by atoms with Crippen molar-refractivity contribution in [3.63, 3.8) is 0 Å². The number of carboxylic acids is 1. The van der Waals surface area contributed by atoms with Crippen molar-refractivity contribution in [3.05, 3.63) is 28.8 Å². The number of rotatable bonds is 4. The Balaban J connectivity index is 1.96. The van der Waals surface area contributed by atoms with E-state index in [0.717, 1.165) is 31.6 Å². The van der Waals surface area contributed by atoms with Crippen LogP contribution in [0.15, 0.2) is 18.2 Å². The molecule has 0 atom stereocenters. The van der Waals surface area contributed by atoms with Gasteiger partial charge >= 0.3 is 5.97 Å². The SMILES string of the molecule is C#CCN1CCC(Nc2ccc(Cl)c(C(=O)O)c2)CC1. The largest absolute Gasteiger partial charge is 0.478 e. The summed E-state index contributed by atoms with van der Waals surface area (Å²) in [5, 5.41) is 12.7. The third-order valence-corrected chi connectivity index (χ3v) is 3.80.